The summed E-state index contributed by atoms with van der Waals surface area (Å²) in [6.07, 6.45) is -0.906. The van der Waals surface area contributed by atoms with Crippen LogP contribution in [0.15, 0.2) is 47.6 Å². The van der Waals surface area contributed by atoms with Gasteiger partial charge in [-0.15, -0.1) is 0 Å². The van der Waals surface area contributed by atoms with E-state index in [-0.39, 0.29) is 34.7 Å². The van der Waals surface area contributed by atoms with Gasteiger partial charge >= 0.3 is 6.18 Å². The summed E-state index contributed by atoms with van der Waals surface area (Å²) < 4.78 is 42.1. The minimum absolute atomic E-state index is 0.0198. The van der Waals surface area contributed by atoms with E-state index in [2.05, 4.69) is 20.2 Å². The number of carbonyl (C=O) groups excluding carboxylic acids is 2. The second-order valence-corrected chi connectivity index (χ2v) is 8.44. The van der Waals surface area contributed by atoms with Gasteiger partial charge in [-0.3, -0.25) is 14.6 Å². The molecule has 11 heteroatoms. The predicted octanol–water partition coefficient (Wildman–Crippen LogP) is 3.08. The number of hydrogen-bond donors (Lipinski definition) is 2. The third-order valence-corrected chi connectivity index (χ3v) is 5.67. The van der Waals surface area contributed by atoms with Crippen LogP contribution >= 0.6 is 0 Å². The summed E-state index contributed by atoms with van der Waals surface area (Å²) >= 11 is 0. The van der Waals surface area contributed by atoms with Gasteiger partial charge < -0.3 is 20.7 Å². The van der Waals surface area contributed by atoms with Crippen LogP contribution in [0, 0.1) is 0 Å². The number of benzene rings is 1. The molecule has 0 radical (unpaired) electrons. The molecule has 1 aromatic heterocycles. The van der Waals surface area contributed by atoms with Gasteiger partial charge in [0.05, 0.1) is 11.4 Å². The number of nitrogens with zero attached hydrogens (tertiary/aromatic N) is 3. The van der Waals surface area contributed by atoms with E-state index in [0.717, 1.165) is 25.9 Å². The number of aliphatic imine (C=N–C) groups is 1. The molecule has 0 aliphatic carbocycles. The molecule has 1 atom stereocenters. The molecular formula is C25H28F3N5O3. The minimum Gasteiger partial charge on any atom is -0.484 e. The monoisotopic (exact) mass is 503 g/mol. The van der Waals surface area contributed by atoms with Crippen LogP contribution in [0.25, 0.3) is 16.8 Å². The highest BCUT2D eigenvalue weighted by Gasteiger charge is 2.28. The second kappa shape index (κ2) is 11.8. The molecule has 1 unspecified atom stereocenters. The van der Waals surface area contributed by atoms with Crippen molar-refractivity contribution in [3.63, 3.8) is 0 Å². The number of likely N-dealkylation sites (N-methyl/N-ethyl adjacent to an activating group) is 1. The number of rotatable bonds is 8. The molecular weight excluding hydrogens is 475 g/mol. The van der Waals surface area contributed by atoms with Crippen molar-refractivity contribution in [2.45, 2.75) is 25.1 Å². The Hall–Kier alpha value is -3.73. The number of ether oxygens (including phenoxy) is 1. The van der Waals surface area contributed by atoms with Crippen molar-refractivity contribution in [1.29, 1.82) is 0 Å². The minimum atomic E-state index is -4.45. The van der Waals surface area contributed by atoms with E-state index in [1.54, 1.807) is 6.07 Å². The van der Waals surface area contributed by atoms with Gasteiger partial charge in [0.15, 0.2) is 12.9 Å². The molecule has 36 heavy (non-hydrogen) atoms. The maximum absolute atomic E-state index is 13.2. The Morgan fingerprint density at radius 1 is 1.31 bits per heavy atom. The number of allylic oxidation sites excluding steroid dienone is 1. The van der Waals surface area contributed by atoms with E-state index in [4.69, 9.17) is 10.5 Å². The van der Waals surface area contributed by atoms with E-state index < -0.39 is 12.8 Å². The molecule has 0 spiro atoms. The normalized spacial score (nSPS) is 17.5. The van der Waals surface area contributed by atoms with Crippen molar-refractivity contribution in [2.75, 3.05) is 33.8 Å². The summed E-state index contributed by atoms with van der Waals surface area (Å²) in [5.41, 5.74) is 7.50. The Balaban J connectivity index is 1.97. The number of halogens is 3. The topological polar surface area (TPSA) is 110 Å². The van der Waals surface area contributed by atoms with E-state index >= 15 is 0 Å². The lowest BCUT2D eigenvalue weighted by Gasteiger charge is -2.30. The number of nitrogens with one attached hydrogen (secondary N) is 1. The molecule has 1 aromatic carbocycles. The lowest BCUT2D eigenvalue weighted by atomic mass is 10.0. The van der Waals surface area contributed by atoms with E-state index in [0.29, 0.717) is 23.1 Å². The van der Waals surface area contributed by atoms with Gasteiger partial charge in [0.2, 0.25) is 0 Å². The molecule has 3 rings (SSSR count). The average molecular weight is 504 g/mol. The van der Waals surface area contributed by atoms with E-state index in [9.17, 15) is 22.8 Å². The number of carbonyl (C=O) groups is 2. The first-order chi connectivity index (χ1) is 17.1. The maximum atomic E-state index is 13.2. The summed E-state index contributed by atoms with van der Waals surface area (Å²) in [6, 6.07) is 8.93. The molecule has 1 fully saturated rings. The smallest absolute Gasteiger partial charge is 0.422 e. The number of amides is 1. The first-order valence-electron chi connectivity index (χ1n) is 11.3. The molecule has 1 aliphatic heterocycles. The number of nitrogens with two attached hydrogens (primary N) is 1. The van der Waals surface area contributed by atoms with Crippen molar-refractivity contribution >= 4 is 23.5 Å². The van der Waals surface area contributed by atoms with E-state index in [1.807, 2.05) is 7.05 Å². The van der Waals surface area contributed by atoms with Crippen LogP contribution in [0.4, 0.5) is 13.2 Å². The van der Waals surface area contributed by atoms with Gasteiger partial charge in [0, 0.05) is 42.5 Å². The first-order valence-corrected chi connectivity index (χ1v) is 11.3. The molecule has 1 saturated heterocycles. The number of aldehydes is 1. The summed E-state index contributed by atoms with van der Waals surface area (Å²) in [5, 5.41) is 3.04. The molecule has 2 aromatic rings. The van der Waals surface area contributed by atoms with Crippen molar-refractivity contribution in [3.8, 4) is 17.0 Å². The third kappa shape index (κ3) is 7.14. The summed E-state index contributed by atoms with van der Waals surface area (Å²) in [6.45, 7) is 0.284. The zero-order valence-corrected chi connectivity index (χ0v) is 20.0. The maximum Gasteiger partial charge on any atom is 0.422 e. The summed E-state index contributed by atoms with van der Waals surface area (Å²) in [4.78, 5) is 35.3. The van der Waals surface area contributed by atoms with Crippen LogP contribution < -0.4 is 15.8 Å². The highest BCUT2D eigenvalue weighted by Crippen LogP contribution is 2.26. The zero-order valence-electron chi connectivity index (χ0n) is 20.0. The molecule has 0 bridgehead atoms. The van der Waals surface area contributed by atoms with Crippen molar-refractivity contribution in [2.24, 2.45) is 10.7 Å². The molecule has 192 valence electrons. The number of likely N-dealkylation sites (tertiary alicyclic amines) is 1. The second-order valence-electron chi connectivity index (χ2n) is 8.44. The SMILES string of the molecule is CN=C(C=O)/C(=C\N)c1cc(C(=O)NC2CCCN(C)C2)cc(-c2ccc(OCC(F)(F)F)cc2)n1. The standard InChI is InChI=1S/C25H28F3N5O3/c1-30-23(14-34)20(12-29)22-11-17(24(35)31-18-4-3-9-33(2)13-18)10-21(32-22)16-5-7-19(8-6-16)36-15-25(26,27)28/h5-8,10-12,14,18H,3-4,9,13,15,29H2,1-2H3,(H,31,35)/b20-12-,30-23?. The van der Waals surface area contributed by atoms with Crippen molar-refractivity contribution in [3.05, 3.63) is 53.9 Å². The zero-order chi connectivity index (χ0) is 26.3. The average Bonchev–Trinajstić information content (AvgIpc) is 2.85. The molecule has 3 N–H and O–H groups in total. The summed E-state index contributed by atoms with van der Waals surface area (Å²) in [5.74, 6) is -0.279. The highest BCUT2D eigenvalue weighted by atomic mass is 19.4. The first kappa shape index (κ1) is 26.9. The van der Waals surface area contributed by atoms with Gasteiger partial charge in [0.1, 0.15) is 11.5 Å². The van der Waals surface area contributed by atoms with Gasteiger partial charge in [0.25, 0.3) is 5.91 Å². The van der Waals surface area contributed by atoms with Crippen LogP contribution in [0.1, 0.15) is 28.9 Å². The predicted molar refractivity (Wildman–Crippen MR) is 131 cm³/mol. The lowest BCUT2D eigenvalue weighted by Crippen LogP contribution is -2.46. The van der Waals surface area contributed by atoms with Gasteiger partial charge in [-0.2, -0.15) is 13.2 Å². The number of hydrogen-bond acceptors (Lipinski definition) is 7. The van der Waals surface area contributed by atoms with Gasteiger partial charge in [-0.05, 0) is 62.8 Å². The Labute approximate surface area is 207 Å². The fraction of sp³-hybridized carbons (Fsp3) is 0.360. The fourth-order valence-electron chi connectivity index (χ4n) is 3.93. The molecule has 2 heterocycles. The Kier molecular flexibility index (Phi) is 8.81. The van der Waals surface area contributed by atoms with Crippen molar-refractivity contribution in [1.82, 2.24) is 15.2 Å². The Morgan fingerprint density at radius 3 is 2.61 bits per heavy atom. The van der Waals surface area contributed by atoms with Crippen molar-refractivity contribution < 1.29 is 27.5 Å². The van der Waals surface area contributed by atoms with Gasteiger partial charge in [-0.1, -0.05) is 0 Å². The summed E-state index contributed by atoms with van der Waals surface area (Å²) in [7, 11) is 3.43. The number of piperidine rings is 1. The largest absolute Gasteiger partial charge is 0.484 e. The number of alkyl halides is 3. The quantitative estimate of drug-likeness (QED) is 0.423. The van der Waals surface area contributed by atoms with Crippen LogP contribution in [0.3, 0.4) is 0 Å². The highest BCUT2D eigenvalue weighted by molar-refractivity contribution is 6.48. The van der Waals surface area contributed by atoms with E-state index in [1.165, 1.54) is 43.6 Å². The van der Waals surface area contributed by atoms with Crippen LogP contribution in [0.2, 0.25) is 0 Å². The molecule has 0 saturated carbocycles. The number of pyridine rings is 1. The molecule has 1 amide bonds. The Bertz CT molecular complexity index is 1150. The lowest BCUT2D eigenvalue weighted by molar-refractivity contribution is -0.153. The molecule has 1 aliphatic rings. The molecule has 8 nitrogen and oxygen atoms in total. The Morgan fingerprint density at radius 2 is 2.03 bits per heavy atom. The number of aromatic nitrogens is 1. The van der Waals surface area contributed by atoms with Crippen LogP contribution in [-0.2, 0) is 4.79 Å². The van der Waals surface area contributed by atoms with Crippen LogP contribution in [0.5, 0.6) is 5.75 Å². The van der Waals surface area contributed by atoms with Gasteiger partial charge in [-0.25, -0.2) is 4.98 Å². The third-order valence-electron chi connectivity index (χ3n) is 5.67. The van der Waals surface area contributed by atoms with Crippen LogP contribution in [-0.4, -0.2) is 73.8 Å². The fourth-order valence-corrected chi connectivity index (χ4v) is 3.93.